The second-order valence-electron chi connectivity index (χ2n) is 13.2. The van der Waals surface area contributed by atoms with Crippen molar-refractivity contribution >= 4 is 65.4 Å². The van der Waals surface area contributed by atoms with Gasteiger partial charge < -0.3 is 8.83 Å². The van der Waals surface area contributed by atoms with Gasteiger partial charge in [0.2, 0.25) is 0 Å². The van der Waals surface area contributed by atoms with Crippen molar-refractivity contribution in [2.45, 2.75) is 0 Å². The lowest BCUT2D eigenvalue weighted by atomic mass is 9.96. The summed E-state index contributed by atoms with van der Waals surface area (Å²) in [7, 11) is 0. The molecule has 0 radical (unpaired) electrons. The summed E-state index contributed by atoms with van der Waals surface area (Å²) < 4.78 is 12.9. The van der Waals surface area contributed by atoms with Gasteiger partial charge in [0.1, 0.15) is 22.3 Å². The first kappa shape index (κ1) is 28.7. The number of rotatable bonds is 4. The van der Waals surface area contributed by atoms with Crippen LogP contribution in [-0.4, -0.2) is 15.0 Å². The highest BCUT2D eigenvalue weighted by molar-refractivity contribution is 6.15. The molecule has 0 spiro atoms. The van der Waals surface area contributed by atoms with Crippen LogP contribution in [0.5, 0.6) is 0 Å². The van der Waals surface area contributed by atoms with Crippen molar-refractivity contribution in [2.75, 3.05) is 0 Å². The fourth-order valence-electron chi connectivity index (χ4n) is 7.68. The Morgan fingerprint density at radius 2 is 0.885 bits per heavy atom. The van der Waals surface area contributed by atoms with Gasteiger partial charge >= 0.3 is 0 Å². The van der Waals surface area contributed by atoms with E-state index >= 15 is 0 Å². The molecule has 0 amide bonds. The van der Waals surface area contributed by atoms with E-state index < -0.39 is 0 Å². The molecule has 0 aliphatic rings. The Morgan fingerprint density at radius 1 is 0.308 bits per heavy atom. The van der Waals surface area contributed by atoms with Crippen LogP contribution in [0.2, 0.25) is 0 Å². The normalized spacial score (nSPS) is 11.8. The van der Waals surface area contributed by atoms with Crippen molar-refractivity contribution in [2.24, 2.45) is 0 Å². The Hall–Kier alpha value is -7.11. The standard InChI is InChI=1S/C47H27N3O2/c1-2-12-28(13-3-1)45-48-46(38-24-30-14-4-5-15-32(30)33-16-6-7-17-34(33)38)50-47(49-45)39-25-31(27-43-44(39)37-19-9-11-21-41(37)52-43)29-22-23-36-35-18-8-10-20-40(35)51-42(36)26-29/h1-27H. The van der Waals surface area contributed by atoms with E-state index in [-0.39, 0.29) is 0 Å². The van der Waals surface area contributed by atoms with Crippen molar-refractivity contribution in [3.05, 3.63) is 164 Å². The van der Waals surface area contributed by atoms with Gasteiger partial charge in [0.15, 0.2) is 17.5 Å². The fraction of sp³-hybridized carbons (Fsp3) is 0. The molecule has 11 aromatic rings. The molecule has 3 heterocycles. The maximum absolute atomic E-state index is 6.55. The number of hydrogen-bond donors (Lipinski definition) is 0. The summed E-state index contributed by atoms with van der Waals surface area (Å²) in [6, 6.07) is 56.3. The maximum atomic E-state index is 6.55. The second-order valence-corrected chi connectivity index (χ2v) is 13.2. The van der Waals surface area contributed by atoms with Gasteiger partial charge in [-0.25, -0.2) is 15.0 Å². The molecule has 11 rings (SSSR count). The minimum Gasteiger partial charge on any atom is -0.456 e. The van der Waals surface area contributed by atoms with Crippen molar-refractivity contribution < 1.29 is 8.83 Å². The number of benzene rings is 8. The predicted molar refractivity (Wildman–Crippen MR) is 211 cm³/mol. The smallest absolute Gasteiger partial charge is 0.164 e. The van der Waals surface area contributed by atoms with Gasteiger partial charge in [-0.15, -0.1) is 0 Å². The van der Waals surface area contributed by atoms with E-state index in [0.29, 0.717) is 17.5 Å². The van der Waals surface area contributed by atoms with E-state index in [2.05, 4.69) is 97.1 Å². The number of fused-ring (bicyclic) bond motifs is 9. The fourth-order valence-corrected chi connectivity index (χ4v) is 7.68. The number of hydrogen-bond acceptors (Lipinski definition) is 5. The van der Waals surface area contributed by atoms with Crippen LogP contribution in [0.3, 0.4) is 0 Å². The molecule has 0 saturated heterocycles. The molecule has 0 bridgehead atoms. The van der Waals surface area contributed by atoms with E-state index in [9.17, 15) is 0 Å². The Morgan fingerprint density at radius 3 is 1.71 bits per heavy atom. The Bertz CT molecular complexity index is 3190. The average Bonchev–Trinajstić information content (AvgIpc) is 3.78. The zero-order valence-electron chi connectivity index (χ0n) is 27.7. The van der Waals surface area contributed by atoms with Crippen molar-refractivity contribution in [3.63, 3.8) is 0 Å². The van der Waals surface area contributed by atoms with Crippen LogP contribution in [0.4, 0.5) is 0 Å². The van der Waals surface area contributed by atoms with Gasteiger partial charge in [0, 0.05) is 38.2 Å². The van der Waals surface area contributed by atoms with Gasteiger partial charge in [-0.1, -0.05) is 121 Å². The first-order valence-electron chi connectivity index (χ1n) is 17.3. The van der Waals surface area contributed by atoms with Gasteiger partial charge in [-0.05, 0) is 75.1 Å². The minimum absolute atomic E-state index is 0.573. The van der Waals surface area contributed by atoms with E-state index in [1.807, 2.05) is 66.7 Å². The lowest BCUT2D eigenvalue weighted by Gasteiger charge is -2.13. The summed E-state index contributed by atoms with van der Waals surface area (Å²) in [5, 5.41) is 8.72. The Kier molecular flexibility index (Phi) is 6.18. The van der Waals surface area contributed by atoms with Gasteiger partial charge in [-0.2, -0.15) is 0 Å². The maximum Gasteiger partial charge on any atom is 0.164 e. The molecule has 0 N–H and O–H groups in total. The highest BCUT2D eigenvalue weighted by Crippen LogP contribution is 2.42. The molecular weight excluding hydrogens is 639 g/mol. The monoisotopic (exact) mass is 665 g/mol. The largest absolute Gasteiger partial charge is 0.456 e. The molecule has 8 aromatic carbocycles. The SMILES string of the molecule is c1ccc(-c2nc(-c3cc4ccccc4c4ccccc34)nc(-c3cc(-c4ccc5c(c4)oc4ccccc45)cc4oc5ccccc5c34)n2)cc1. The highest BCUT2D eigenvalue weighted by Gasteiger charge is 2.21. The zero-order chi connectivity index (χ0) is 34.2. The summed E-state index contributed by atoms with van der Waals surface area (Å²) in [6.45, 7) is 0. The number of para-hydroxylation sites is 2. The third-order valence-electron chi connectivity index (χ3n) is 10.1. The second kappa shape index (κ2) is 11.2. The lowest BCUT2D eigenvalue weighted by molar-refractivity contribution is 0.668. The summed E-state index contributed by atoms with van der Waals surface area (Å²) >= 11 is 0. The minimum atomic E-state index is 0.573. The quantitative estimate of drug-likeness (QED) is 0.175. The molecule has 3 aromatic heterocycles. The van der Waals surface area contributed by atoms with Crippen molar-refractivity contribution in [3.8, 4) is 45.3 Å². The van der Waals surface area contributed by atoms with Gasteiger partial charge in [0.25, 0.3) is 0 Å². The summed E-state index contributed by atoms with van der Waals surface area (Å²) in [6.07, 6.45) is 0. The van der Waals surface area contributed by atoms with Crippen LogP contribution < -0.4 is 0 Å². The zero-order valence-corrected chi connectivity index (χ0v) is 27.7. The molecule has 0 fully saturated rings. The van der Waals surface area contributed by atoms with E-state index in [1.54, 1.807) is 0 Å². The number of furan rings is 2. The van der Waals surface area contributed by atoms with Crippen molar-refractivity contribution in [1.29, 1.82) is 0 Å². The first-order chi connectivity index (χ1) is 25.7. The molecule has 5 heteroatoms. The summed E-state index contributed by atoms with van der Waals surface area (Å²) in [5.41, 5.74) is 7.99. The first-order valence-corrected chi connectivity index (χ1v) is 17.3. The van der Waals surface area contributed by atoms with Crippen LogP contribution in [0, 0.1) is 0 Å². The third kappa shape index (κ3) is 4.46. The van der Waals surface area contributed by atoms with Crippen LogP contribution in [0.25, 0.3) is 111 Å². The average molecular weight is 666 g/mol. The van der Waals surface area contributed by atoms with Crippen molar-refractivity contribution in [1.82, 2.24) is 15.0 Å². The molecule has 0 saturated carbocycles. The summed E-state index contributed by atoms with van der Waals surface area (Å²) in [5.74, 6) is 1.79. The van der Waals surface area contributed by atoms with Crippen LogP contribution in [0.1, 0.15) is 0 Å². The number of aromatic nitrogens is 3. The molecule has 0 aliphatic heterocycles. The molecule has 0 atom stereocenters. The molecular formula is C47H27N3O2. The molecule has 0 unspecified atom stereocenters. The Labute approximate surface area is 297 Å². The summed E-state index contributed by atoms with van der Waals surface area (Å²) in [4.78, 5) is 15.7. The van der Waals surface area contributed by atoms with E-state index in [0.717, 1.165) is 87.9 Å². The molecule has 0 aliphatic carbocycles. The topological polar surface area (TPSA) is 65.0 Å². The molecule has 5 nitrogen and oxygen atoms in total. The molecule has 52 heavy (non-hydrogen) atoms. The highest BCUT2D eigenvalue weighted by atomic mass is 16.3. The van der Waals surface area contributed by atoms with Crippen LogP contribution in [0.15, 0.2) is 173 Å². The van der Waals surface area contributed by atoms with Crippen LogP contribution >= 0.6 is 0 Å². The van der Waals surface area contributed by atoms with E-state index in [1.165, 1.54) is 5.39 Å². The van der Waals surface area contributed by atoms with Crippen LogP contribution in [-0.2, 0) is 0 Å². The van der Waals surface area contributed by atoms with E-state index in [4.69, 9.17) is 23.8 Å². The Balaban J connectivity index is 1.21. The molecule has 242 valence electrons. The van der Waals surface area contributed by atoms with Gasteiger partial charge in [-0.3, -0.25) is 0 Å². The predicted octanol–water partition coefficient (Wildman–Crippen LogP) is 12.6. The lowest BCUT2D eigenvalue weighted by Crippen LogP contribution is -2.01. The third-order valence-corrected chi connectivity index (χ3v) is 10.1. The number of nitrogens with zero attached hydrogens (tertiary/aromatic N) is 3. The van der Waals surface area contributed by atoms with Gasteiger partial charge in [0.05, 0.1) is 0 Å².